The van der Waals surface area contributed by atoms with Gasteiger partial charge in [0.15, 0.2) is 5.96 Å². The van der Waals surface area contributed by atoms with E-state index in [1.165, 1.54) is 12.1 Å². The lowest BCUT2D eigenvalue weighted by Gasteiger charge is -2.15. The second-order valence-electron chi connectivity index (χ2n) is 5.28. The Morgan fingerprint density at radius 2 is 2.04 bits per heavy atom. The maximum absolute atomic E-state index is 12.4. The number of hydrogen-bond donors (Lipinski definition) is 2. The summed E-state index contributed by atoms with van der Waals surface area (Å²) in [6, 6.07) is 5.99. The minimum absolute atomic E-state index is 0.152. The predicted octanol–water partition coefficient (Wildman–Crippen LogP) is 2.23. The number of aliphatic imine (C=N–C) groups is 1. The lowest BCUT2D eigenvalue weighted by molar-refractivity contribution is -0.274. The van der Waals surface area contributed by atoms with E-state index in [-0.39, 0.29) is 12.3 Å². The number of nitrogens with zero attached hydrogens (tertiary/aromatic N) is 3. The van der Waals surface area contributed by atoms with Gasteiger partial charge in [0.2, 0.25) is 0 Å². The third kappa shape index (κ3) is 6.36. The van der Waals surface area contributed by atoms with E-state index in [2.05, 4.69) is 25.5 Å². The van der Waals surface area contributed by atoms with Gasteiger partial charge in [-0.2, -0.15) is 5.10 Å². The molecule has 2 N–H and O–H groups in total. The maximum atomic E-state index is 12.4. The second kappa shape index (κ2) is 8.41. The molecule has 0 aliphatic carbocycles. The second-order valence-corrected chi connectivity index (χ2v) is 5.28. The molecular formula is C16H20F3N5O. The first-order chi connectivity index (χ1) is 11.9. The average Bonchev–Trinajstić information content (AvgIpc) is 2.96. The van der Waals surface area contributed by atoms with Crippen LogP contribution in [0.2, 0.25) is 0 Å². The molecule has 0 amide bonds. The number of hydrogen-bond acceptors (Lipinski definition) is 3. The first-order valence-electron chi connectivity index (χ1n) is 7.63. The van der Waals surface area contributed by atoms with Crippen LogP contribution < -0.4 is 15.4 Å². The Balaban J connectivity index is 1.86. The molecule has 1 heterocycles. The van der Waals surface area contributed by atoms with Crippen molar-refractivity contribution in [2.45, 2.75) is 19.3 Å². The molecule has 0 aliphatic rings. The van der Waals surface area contributed by atoms with E-state index >= 15 is 0 Å². The lowest BCUT2D eigenvalue weighted by Crippen LogP contribution is -2.38. The van der Waals surface area contributed by atoms with E-state index in [9.17, 15) is 13.2 Å². The predicted molar refractivity (Wildman–Crippen MR) is 88.2 cm³/mol. The molecule has 1 aromatic carbocycles. The fourth-order valence-corrected chi connectivity index (χ4v) is 2.20. The molecule has 0 spiro atoms. The van der Waals surface area contributed by atoms with E-state index in [1.54, 1.807) is 30.1 Å². The van der Waals surface area contributed by atoms with Gasteiger partial charge in [0, 0.05) is 38.9 Å². The molecule has 6 nitrogen and oxygen atoms in total. The zero-order chi connectivity index (χ0) is 18.3. The van der Waals surface area contributed by atoms with Crippen molar-refractivity contribution in [3.8, 4) is 5.75 Å². The summed E-state index contributed by atoms with van der Waals surface area (Å²) in [5.41, 5.74) is 1.46. The Hall–Kier alpha value is -2.71. The number of aryl methyl sites for hydroxylation is 1. The van der Waals surface area contributed by atoms with Crippen molar-refractivity contribution in [3.63, 3.8) is 0 Å². The van der Waals surface area contributed by atoms with E-state index in [1.807, 2.05) is 13.2 Å². The molecule has 2 aromatic rings. The fourth-order valence-electron chi connectivity index (χ4n) is 2.20. The zero-order valence-corrected chi connectivity index (χ0v) is 14.0. The first kappa shape index (κ1) is 18.6. The van der Waals surface area contributed by atoms with Crippen LogP contribution in [0.1, 0.15) is 11.1 Å². The first-order valence-corrected chi connectivity index (χ1v) is 7.63. The Morgan fingerprint density at radius 1 is 1.28 bits per heavy atom. The molecule has 0 fully saturated rings. The summed E-state index contributed by atoms with van der Waals surface area (Å²) >= 11 is 0. The van der Waals surface area contributed by atoms with Gasteiger partial charge in [0.1, 0.15) is 5.75 Å². The van der Waals surface area contributed by atoms with Crippen molar-refractivity contribution in [3.05, 3.63) is 47.8 Å². The standard InChI is InChI=1S/C16H20F3N5O/c1-20-15(21-8-7-12-9-23-24(2)11-12)22-10-13-5-3-4-6-14(13)25-16(17,18)19/h3-6,9,11H,7-8,10H2,1-2H3,(H2,20,21,22). The summed E-state index contributed by atoms with van der Waals surface area (Å²) in [6.45, 7) is 0.769. The highest BCUT2D eigenvalue weighted by atomic mass is 19.4. The number of ether oxygens (including phenoxy) is 1. The summed E-state index contributed by atoms with van der Waals surface area (Å²) in [5, 5.41) is 10.2. The van der Waals surface area contributed by atoms with Gasteiger partial charge < -0.3 is 15.4 Å². The smallest absolute Gasteiger partial charge is 0.405 e. The lowest BCUT2D eigenvalue weighted by atomic mass is 10.2. The normalized spacial score (nSPS) is 12.1. The van der Waals surface area contributed by atoms with Crippen LogP contribution in [0.4, 0.5) is 13.2 Å². The van der Waals surface area contributed by atoms with Crippen LogP contribution in [0.5, 0.6) is 5.75 Å². The van der Waals surface area contributed by atoms with Crippen LogP contribution in [-0.4, -0.2) is 35.7 Å². The van der Waals surface area contributed by atoms with E-state index < -0.39 is 6.36 Å². The van der Waals surface area contributed by atoms with Gasteiger partial charge in [-0.05, 0) is 18.1 Å². The van der Waals surface area contributed by atoms with Gasteiger partial charge in [-0.15, -0.1) is 13.2 Å². The Labute approximate surface area is 143 Å². The minimum Gasteiger partial charge on any atom is -0.405 e. The number of benzene rings is 1. The van der Waals surface area contributed by atoms with Crippen LogP contribution in [0, 0.1) is 0 Å². The molecule has 0 unspecified atom stereocenters. The number of para-hydroxylation sites is 1. The molecule has 136 valence electrons. The summed E-state index contributed by atoms with van der Waals surface area (Å²) in [5.74, 6) is 0.263. The van der Waals surface area contributed by atoms with Gasteiger partial charge in [0.05, 0.1) is 6.20 Å². The van der Waals surface area contributed by atoms with Gasteiger partial charge in [-0.25, -0.2) is 0 Å². The summed E-state index contributed by atoms with van der Waals surface area (Å²) in [4.78, 5) is 4.05. The highest BCUT2D eigenvalue weighted by molar-refractivity contribution is 5.79. The Bertz CT molecular complexity index is 712. The van der Waals surface area contributed by atoms with Crippen LogP contribution in [0.15, 0.2) is 41.7 Å². The van der Waals surface area contributed by atoms with Crippen LogP contribution in [0.25, 0.3) is 0 Å². The van der Waals surface area contributed by atoms with E-state index in [4.69, 9.17) is 0 Å². The number of halogens is 3. The SMILES string of the molecule is CN=C(NCCc1cnn(C)c1)NCc1ccccc1OC(F)(F)F. The fraction of sp³-hybridized carbons (Fsp3) is 0.375. The molecule has 0 saturated carbocycles. The quantitative estimate of drug-likeness (QED) is 0.616. The molecule has 0 atom stereocenters. The van der Waals surface area contributed by atoms with Gasteiger partial charge in [-0.1, -0.05) is 18.2 Å². The van der Waals surface area contributed by atoms with Crippen LogP contribution >= 0.6 is 0 Å². The molecule has 0 bridgehead atoms. The van der Waals surface area contributed by atoms with Crippen molar-refractivity contribution in [2.75, 3.05) is 13.6 Å². The molecule has 0 aliphatic heterocycles. The minimum atomic E-state index is -4.72. The van der Waals surface area contributed by atoms with Crippen LogP contribution in [0.3, 0.4) is 0 Å². The third-order valence-corrected chi connectivity index (χ3v) is 3.33. The molecule has 9 heteroatoms. The number of rotatable bonds is 6. The number of guanidine groups is 1. The molecule has 0 radical (unpaired) electrons. The summed E-state index contributed by atoms with van der Waals surface area (Å²) in [6.07, 6.45) is -0.271. The monoisotopic (exact) mass is 355 g/mol. The van der Waals surface area contributed by atoms with Crippen molar-refractivity contribution < 1.29 is 17.9 Å². The number of alkyl halides is 3. The van der Waals surface area contributed by atoms with Crippen molar-refractivity contribution in [2.24, 2.45) is 12.0 Å². The van der Waals surface area contributed by atoms with E-state index in [0.717, 1.165) is 12.0 Å². The summed E-state index contributed by atoms with van der Waals surface area (Å²) < 4.78 is 43.0. The highest BCUT2D eigenvalue weighted by Crippen LogP contribution is 2.25. The number of aromatic nitrogens is 2. The largest absolute Gasteiger partial charge is 0.573 e. The molecule has 0 saturated heterocycles. The topological polar surface area (TPSA) is 63.5 Å². The Kier molecular flexibility index (Phi) is 6.26. The van der Waals surface area contributed by atoms with Crippen molar-refractivity contribution in [1.82, 2.24) is 20.4 Å². The number of nitrogens with one attached hydrogen (secondary N) is 2. The van der Waals surface area contributed by atoms with Gasteiger partial charge >= 0.3 is 6.36 Å². The molecular weight excluding hydrogens is 335 g/mol. The highest BCUT2D eigenvalue weighted by Gasteiger charge is 2.31. The van der Waals surface area contributed by atoms with Crippen molar-refractivity contribution >= 4 is 5.96 Å². The van der Waals surface area contributed by atoms with Gasteiger partial charge in [0.25, 0.3) is 0 Å². The Morgan fingerprint density at radius 3 is 2.68 bits per heavy atom. The third-order valence-electron chi connectivity index (χ3n) is 3.33. The molecule has 1 aromatic heterocycles. The maximum Gasteiger partial charge on any atom is 0.573 e. The average molecular weight is 355 g/mol. The van der Waals surface area contributed by atoms with E-state index in [0.29, 0.717) is 18.1 Å². The van der Waals surface area contributed by atoms with Gasteiger partial charge in [-0.3, -0.25) is 9.67 Å². The molecule has 25 heavy (non-hydrogen) atoms. The molecule has 2 rings (SSSR count). The van der Waals surface area contributed by atoms with Crippen molar-refractivity contribution in [1.29, 1.82) is 0 Å². The zero-order valence-electron chi connectivity index (χ0n) is 14.0. The van der Waals surface area contributed by atoms with Crippen LogP contribution in [-0.2, 0) is 20.0 Å². The summed E-state index contributed by atoms with van der Waals surface area (Å²) in [7, 11) is 3.44.